The number of nitrogens with two attached hydrogens (primary N) is 1. The van der Waals surface area contributed by atoms with Crippen molar-refractivity contribution < 1.29 is 17.9 Å². The van der Waals surface area contributed by atoms with E-state index in [9.17, 15) is 13.2 Å². The molecule has 1 aliphatic heterocycles. The van der Waals surface area contributed by atoms with E-state index in [0.29, 0.717) is 18.3 Å². The minimum absolute atomic E-state index is 0. The van der Waals surface area contributed by atoms with Crippen molar-refractivity contribution in [1.82, 2.24) is 9.88 Å². The summed E-state index contributed by atoms with van der Waals surface area (Å²) >= 11 is 1.44. The van der Waals surface area contributed by atoms with Crippen molar-refractivity contribution in [2.45, 2.75) is 18.8 Å². The Balaban J connectivity index is 0.00000208. The number of nitrogens with zero attached hydrogens (tertiary/aromatic N) is 2. The predicted molar refractivity (Wildman–Crippen MR) is 89.2 cm³/mol. The van der Waals surface area contributed by atoms with Crippen LogP contribution in [-0.2, 0) is 17.5 Å². The Hall–Kier alpha value is -1.35. The molecule has 2 N–H and O–H groups in total. The number of thiazole rings is 1. The summed E-state index contributed by atoms with van der Waals surface area (Å²) in [6.07, 6.45) is -2.79. The lowest BCUT2D eigenvalue weighted by Gasteiger charge is -2.32. The molecule has 1 aromatic carbocycles. The van der Waals surface area contributed by atoms with E-state index >= 15 is 0 Å². The summed E-state index contributed by atoms with van der Waals surface area (Å²) in [4.78, 5) is 7.28. The van der Waals surface area contributed by atoms with Crippen molar-refractivity contribution in [3.05, 3.63) is 46.5 Å². The standard InChI is InChI=1S/C15H16F3N3OS.ClH/c16-15(17,18)11-3-1-10(2-4-11)13-9-21(5-6-22-13)8-12-7-20-14(19)23-12;/h1-4,7,13H,5-6,8-9H2,(H2,19,20);1H. The van der Waals surface area contributed by atoms with Gasteiger partial charge in [0.15, 0.2) is 5.13 Å². The zero-order valence-electron chi connectivity index (χ0n) is 12.6. The van der Waals surface area contributed by atoms with Crippen LogP contribution in [0.5, 0.6) is 0 Å². The molecule has 0 spiro atoms. The van der Waals surface area contributed by atoms with Crippen LogP contribution >= 0.6 is 23.7 Å². The van der Waals surface area contributed by atoms with E-state index in [1.807, 2.05) is 0 Å². The molecule has 0 radical (unpaired) electrons. The number of hydrogen-bond acceptors (Lipinski definition) is 5. The maximum atomic E-state index is 12.6. The number of aromatic nitrogens is 1. The molecular formula is C15H17ClF3N3OS. The lowest BCUT2D eigenvalue weighted by molar-refractivity contribution is -0.137. The van der Waals surface area contributed by atoms with Crippen LogP contribution in [0.4, 0.5) is 18.3 Å². The second kappa shape index (κ2) is 7.69. The van der Waals surface area contributed by atoms with E-state index in [-0.39, 0.29) is 18.5 Å². The number of rotatable bonds is 3. The summed E-state index contributed by atoms with van der Waals surface area (Å²) in [6, 6.07) is 5.17. The van der Waals surface area contributed by atoms with Crippen molar-refractivity contribution in [1.29, 1.82) is 0 Å². The van der Waals surface area contributed by atoms with Crippen LogP contribution in [0.25, 0.3) is 0 Å². The fourth-order valence-electron chi connectivity index (χ4n) is 2.55. The molecule has 132 valence electrons. The van der Waals surface area contributed by atoms with Gasteiger partial charge in [-0.1, -0.05) is 12.1 Å². The number of morpholine rings is 1. The first-order chi connectivity index (χ1) is 10.9. The Morgan fingerprint density at radius 2 is 2.00 bits per heavy atom. The van der Waals surface area contributed by atoms with Crippen LogP contribution in [-0.4, -0.2) is 29.6 Å². The van der Waals surface area contributed by atoms with E-state index in [2.05, 4.69) is 9.88 Å². The SMILES string of the molecule is Cl.Nc1ncc(CN2CCOC(c3ccc(C(F)(F)F)cc3)C2)s1. The summed E-state index contributed by atoms with van der Waals surface area (Å²) in [5.41, 5.74) is 5.74. The number of alkyl halides is 3. The second-order valence-electron chi connectivity index (χ2n) is 5.38. The molecule has 1 aromatic heterocycles. The number of halogens is 4. The number of nitrogen functional groups attached to an aromatic ring is 1. The lowest BCUT2D eigenvalue weighted by atomic mass is 10.1. The van der Waals surface area contributed by atoms with Gasteiger partial charge in [-0.3, -0.25) is 4.90 Å². The molecule has 0 aliphatic carbocycles. The summed E-state index contributed by atoms with van der Waals surface area (Å²) in [5.74, 6) is 0. The van der Waals surface area contributed by atoms with Gasteiger partial charge >= 0.3 is 6.18 Å². The molecule has 4 nitrogen and oxygen atoms in total. The Kier molecular flexibility index (Phi) is 6.08. The van der Waals surface area contributed by atoms with Crippen molar-refractivity contribution in [2.75, 3.05) is 25.4 Å². The Morgan fingerprint density at radius 1 is 1.29 bits per heavy atom. The van der Waals surface area contributed by atoms with Gasteiger partial charge in [0.2, 0.25) is 0 Å². The van der Waals surface area contributed by atoms with Crippen molar-refractivity contribution in [2.24, 2.45) is 0 Å². The maximum absolute atomic E-state index is 12.6. The largest absolute Gasteiger partial charge is 0.416 e. The van der Waals surface area contributed by atoms with Crippen molar-refractivity contribution in [3.63, 3.8) is 0 Å². The number of ether oxygens (including phenoxy) is 1. The van der Waals surface area contributed by atoms with Crippen LogP contribution < -0.4 is 5.73 Å². The van der Waals surface area contributed by atoms with Gasteiger partial charge in [0.1, 0.15) is 0 Å². The molecule has 1 saturated heterocycles. The van der Waals surface area contributed by atoms with Gasteiger partial charge in [-0.2, -0.15) is 13.2 Å². The highest BCUT2D eigenvalue weighted by atomic mass is 35.5. The van der Waals surface area contributed by atoms with Gasteiger partial charge in [-0.25, -0.2) is 4.98 Å². The van der Waals surface area contributed by atoms with Gasteiger partial charge in [-0.15, -0.1) is 23.7 Å². The molecule has 0 bridgehead atoms. The Morgan fingerprint density at radius 3 is 2.58 bits per heavy atom. The molecule has 1 unspecified atom stereocenters. The number of benzene rings is 1. The second-order valence-corrected chi connectivity index (χ2v) is 6.53. The first kappa shape index (κ1) is 19.0. The smallest absolute Gasteiger partial charge is 0.375 e. The molecule has 0 saturated carbocycles. The predicted octanol–water partition coefficient (Wildman–Crippen LogP) is 3.74. The van der Waals surface area contributed by atoms with Crippen LogP contribution in [0.2, 0.25) is 0 Å². The van der Waals surface area contributed by atoms with Gasteiger partial charge in [-0.05, 0) is 17.7 Å². The molecule has 2 aromatic rings. The Bertz CT molecular complexity index is 663. The highest BCUT2D eigenvalue weighted by molar-refractivity contribution is 7.15. The highest BCUT2D eigenvalue weighted by Gasteiger charge is 2.30. The molecule has 1 atom stereocenters. The van der Waals surface area contributed by atoms with Crippen LogP contribution in [0.3, 0.4) is 0 Å². The van der Waals surface area contributed by atoms with Gasteiger partial charge in [0, 0.05) is 30.7 Å². The topological polar surface area (TPSA) is 51.4 Å². The monoisotopic (exact) mass is 379 g/mol. The fraction of sp³-hybridized carbons (Fsp3) is 0.400. The molecule has 1 aliphatic rings. The minimum atomic E-state index is -4.32. The van der Waals surface area contributed by atoms with Crippen molar-refractivity contribution >= 4 is 28.9 Å². The van der Waals surface area contributed by atoms with Crippen LogP contribution in [0, 0.1) is 0 Å². The molecule has 2 heterocycles. The average Bonchev–Trinajstić information content (AvgIpc) is 2.92. The quantitative estimate of drug-likeness (QED) is 0.882. The maximum Gasteiger partial charge on any atom is 0.416 e. The number of anilines is 1. The third-order valence-electron chi connectivity index (χ3n) is 3.71. The average molecular weight is 380 g/mol. The van der Waals surface area contributed by atoms with Gasteiger partial charge in [0.05, 0.1) is 18.3 Å². The van der Waals surface area contributed by atoms with Crippen LogP contribution in [0.1, 0.15) is 22.1 Å². The third kappa shape index (κ3) is 4.60. The van der Waals surface area contributed by atoms with E-state index in [1.54, 1.807) is 6.20 Å². The molecule has 3 rings (SSSR count). The van der Waals surface area contributed by atoms with E-state index in [0.717, 1.165) is 35.7 Å². The van der Waals surface area contributed by atoms with Crippen molar-refractivity contribution in [3.8, 4) is 0 Å². The molecule has 0 amide bonds. The summed E-state index contributed by atoms with van der Waals surface area (Å²) in [6.45, 7) is 2.66. The third-order valence-corrected chi connectivity index (χ3v) is 4.52. The van der Waals surface area contributed by atoms with E-state index in [1.165, 1.54) is 23.5 Å². The first-order valence-electron chi connectivity index (χ1n) is 7.13. The lowest BCUT2D eigenvalue weighted by Crippen LogP contribution is -2.37. The normalized spacial score (nSPS) is 19.0. The van der Waals surface area contributed by atoms with Crippen LogP contribution in [0.15, 0.2) is 30.5 Å². The highest BCUT2D eigenvalue weighted by Crippen LogP contribution is 2.31. The minimum Gasteiger partial charge on any atom is -0.375 e. The van der Waals surface area contributed by atoms with E-state index < -0.39 is 11.7 Å². The molecule has 24 heavy (non-hydrogen) atoms. The summed E-state index contributed by atoms with van der Waals surface area (Å²) < 4.78 is 43.5. The molecular weight excluding hydrogens is 363 g/mol. The Labute approximate surface area is 147 Å². The van der Waals surface area contributed by atoms with Gasteiger partial charge < -0.3 is 10.5 Å². The fourth-order valence-corrected chi connectivity index (χ4v) is 3.28. The zero-order valence-corrected chi connectivity index (χ0v) is 14.3. The summed E-state index contributed by atoms with van der Waals surface area (Å²) in [7, 11) is 0. The summed E-state index contributed by atoms with van der Waals surface area (Å²) in [5, 5.41) is 0.535. The number of hydrogen-bond donors (Lipinski definition) is 1. The zero-order chi connectivity index (χ0) is 16.4. The molecule has 9 heteroatoms. The first-order valence-corrected chi connectivity index (χ1v) is 7.95. The van der Waals surface area contributed by atoms with E-state index in [4.69, 9.17) is 10.5 Å². The molecule has 1 fully saturated rings. The van der Waals surface area contributed by atoms with Gasteiger partial charge in [0.25, 0.3) is 0 Å².